The van der Waals surface area contributed by atoms with Crippen LogP contribution in [0.15, 0.2) is 12.1 Å². The van der Waals surface area contributed by atoms with Gasteiger partial charge in [-0.05, 0) is 18.1 Å². The predicted octanol–water partition coefficient (Wildman–Crippen LogP) is 1.67. The van der Waals surface area contributed by atoms with Gasteiger partial charge < -0.3 is 14.8 Å². The molecule has 0 spiro atoms. The second-order valence-electron chi connectivity index (χ2n) is 4.87. The lowest BCUT2D eigenvalue weighted by molar-refractivity contribution is 0.229. The molecule has 1 N–H and O–H groups in total. The first-order valence-electron chi connectivity index (χ1n) is 6.95. The van der Waals surface area contributed by atoms with Gasteiger partial charge in [0.15, 0.2) is 11.5 Å². The van der Waals surface area contributed by atoms with Crippen LogP contribution >= 0.6 is 0 Å². The maximum Gasteiger partial charge on any atom is 0.165 e. The molecule has 106 valence electrons. The third kappa shape index (κ3) is 3.39. The fraction of sp³-hybridized carbons (Fsp3) is 0.600. The lowest BCUT2D eigenvalue weighted by atomic mass is 10.1. The number of hydrogen-bond acceptors (Lipinski definition) is 4. The van der Waals surface area contributed by atoms with Gasteiger partial charge in [0.05, 0.1) is 14.2 Å². The van der Waals surface area contributed by atoms with Gasteiger partial charge in [-0.2, -0.15) is 0 Å². The Morgan fingerprint density at radius 2 is 1.89 bits per heavy atom. The smallest absolute Gasteiger partial charge is 0.165 e. The third-order valence-electron chi connectivity index (χ3n) is 3.63. The van der Waals surface area contributed by atoms with Crippen molar-refractivity contribution in [2.75, 3.05) is 40.4 Å². The van der Waals surface area contributed by atoms with Crippen molar-refractivity contribution in [3.63, 3.8) is 0 Å². The van der Waals surface area contributed by atoms with Crippen LogP contribution in [-0.4, -0.2) is 45.3 Å². The summed E-state index contributed by atoms with van der Waals surface area (Å²) in [6, 6.07) is 4.31. The molecule has 1 aromatic rings. The molecule has 4 heteroatoms. The Morgan fingerprint density at radius 3 is 2.47 bits per heavy atom. The summed E-state index contributed by atoms with van der Waals surface area (Å²) >= 11 is 0. The van der Waals surface area contributed by atoms with E-state index in [1.807, 2.05) is 0 Å². The first-order valence-corrected chi connectivity index (χ1v) is 6.95. The Kier molecular flexibility index (Phi) is 5.05. The number of piperazine rings is 1. The molecule has 2 rings (SSSR count). The first kappa shape index (κ1) is 14.2. The summed E-state index contributed by atoms with van der Waals surface area (Å²) in [5.41, 5.74) is 2.52. The zero-order chi connectivity index (χ0) is 13.7. The summed E-state index contributed by atoms with van der Waals surface area (Å²) in [6.07, 6.45) is 1.01. The van der Waals surface area contributed by atoms with Crippen molar-refractivity contribution in [1.82, 2.24) is 10.2 Å². The fourth-order valence-corrected chi connectivity index (χ4v) is 2.54. The van der Waals surface area contributed by atoms with Crippen LogP contribution in [0.3, 0.4) is 0 Å². The molecule has 1 saturated heterocycles. The molecule has 0 atom stereocenters. The molecule has 4 nitrogen and oxygen atoms in total. The summed E-state index contributed by atoms with van der Waals surface area (Å²) in [4.78, 5) is 2.45. The Balaban J connectivity index is 2.25. The Bertz CT molecular complexity index is 415. The largest absolute Gasteiger partial charge is 0.493 e. The monoisotopic (exact) mass is 264 g/mol. The van der Waals surface area contributed by atoms with Crippen LogP contribution in [0.5, 0.6) is 11.5 Å². The van der Waals surface area contributed by atoms with Crippen LogP contribution < -0.4 is 14.8 Å². The number of nitrogens with one attached hydrogen (secondary N) is 1. The standard InChI is InChI=1S/C15H24N2O2/c1-4-12-9-13(11-17-7-5-16-6-8-17)15(19-3)14(10-12)18-2/h9-10,16H,4-8,11H2,1-3H3. The molecule has 0 bridgehead atoms. The van der Waals surface area contributed by atoms with E-state index in [1.165, 1.54) is 11.1 Å². The maximum atomic E-state index is 5.54. The van der Waals surface area contributed by atoms with Crippen molar-refractivity contribution in [1.29, 1.82) is 0 Å². The van der Waals surface area contributed by atoms with Gasteiger partial charge in [-0.15, -0.1) is 0 Å². The highest BCUT2D eigenvalue weighted by Gasteiger charge is 2.16. The van der Waals surface area contributed by atoms with Crippen LogP contribution in [-0.2, 0) is 13.0 Å². The Morgan fingerprint density at radius 1 is 1.16 bits per heavy atom. The molecule has 0 amide bonds. The number of rotatable bonds is 5. The topological polar surface area (TPSA) is 33.7 Å². The lowest BCUT2D eigenvalue weighted by Gasteiger charge is -2.28. The van der Waals surface area contributed by atoms with Crippen LogP contribution in [0.4, 0.5) is 0 Å². The minimum absolute atomic E-state index is 0.840. The average Bonchev–Trinajstić information content (AvgIpc) is 2.47. The molecule has 1 fully saturated rings. The van der Waals surface area contributed by atoms with Crippen molar-refractivity contribution in [2.24, 2.45) is 0 Å². The molecule has 19 heavy (non-hydrogen) atoms. The van der Waals surface area contributed by atoms with Crippen molar-refractivity contribution >= 4 is 0 Å². The second-order valence-corrected chi connectivity index (χ2v) is 4.87. The minimum Gasteiger partial charge on any atom is -0.493 e. The summed E-state index contributed by atoms with van der Waals surface area (Å²) in [5.74, 6) is 1.71. The lowest BCUT2D eigenvalue weighted by Crippen LogP contribution is -2.42. The summed E-state index contributed by atoms with van der Waals surface area (Å²) in [7, 11) is 3.41. The number of hydrogen-bond donors (Lipinski definition) is 1. The van der Waals surface area contributed by atoms with E-state index in [1.54, 1.807) is 14.2 Å². The highest BCUT2D eigenvalue weighted by molar-refractivity contribution is 5.49. The molecule has 0 aromatic heterocycles. The molecular formula is C15H24N2O2. The molecule has 0 radical (unpaired) electrons. The Hall–Kier alpha value is -1.26. The molecule has 0 saturated carbocycles. The average molecular weight is 264 g/mol. The van der Waals surface area contributed by atoms with Crippen molar-refractivity contribution in [2.45, 2.75) is 19.9 Å². The highest BCUT2D eigenvalue weighted by Crippen LogP contribution is 2.33. The number of aryl methyl sites for hydroxylation is 1. The van der Waals surface area contributed by atoms with Gasteiger partial charge >= 0.3 is 0 Å². The van der Waals surface area contributed by atoms with E-state index < -0.39 is 0 Å². The predicted molar refractivity (Wildman–Crippen MR) is 77.1 cm³/mol. The van der Waals surface area contributed by atoms with E-state index in [2.05, 4.69) is 29.3 Å². The molecular weight excluding hydrogens is 240 g/mol. The van der Waals surface area contributed by atoms with Gasteiger partial charge in [0.25, 0.3) is 0 Å². The van der Waals surface area contributed by atoms with Gasteiger partial charge in [-0.25, -0.2) is 0 Å². The zero-order valence-electron chi connectivity index (χ0n) is 12.2. The maximum absolute atomic E-state index is 5.54. The number of nitrogens with zero attached hydrogens (tertiary/aromatic N) is 1. The molecule has 1 aliphatic heterocycles. The summed E-state index contributed by atoms with van der Waals surface area (Å²) < 4.78 is 11.0. The molecule has 1 aromatic carbocycles. The van der Waals surface area contributed by atoms with E-state index in [0.29, 0.717) is 0 Å². The molecule has 0 aliphatic carbocycles. The van der Waals surface area contributed by atoms with Gasteiger partial charge in [0, 0.05) is 38.3 Å². The van der Waals surface area contributed by atoms with Gasteiger partial charge in [-0.3, -0.25) is 4.90 Å². The number of methoxy groups -OCH3 is 2. The zero-order valence-corrected chi connectivity index (χ0v) is 12.2. The van der Waals surface area contributed by atoms with Crippen LogP contribution in [0.2, 0.25) is 0 Å². The van der Waals surface area contributed by atoms with Crippen LogP contribution in [0, 0.1) is 0 Å². The Labute approximate surface area is 115 Å². The quantitative estimate of drug-likeness (QED) is 0.877. The second kappa shape index (κ2) is 6.78. The molecule has 1 heterocycles. The van der Waals surface area contributed by atoms with Crippen LogP contribution in [0.25, 0.3) is 0 Å². The minimum atomic E-state index is 0.840. The van der Waals surface area contributed by atoms with Gasteiger partial charge in [0.1, 0.15) is 0 Å². The van der Waals surface area contributed by atoms with Crippen LogP contribution in [0.1, 0.15) is 18.1 Å². The molecule has 0 unspecified atom stereocenters. The van der Waals surface area contributed by atoms with E-state index >= 15 is 0 Å². The van der Waals surface area contributed by atoms with Gasteiger partial charge in [-0.1, -0.05) is 13.0 Å². The van der Waals surface area contributed by atoms with Crippen molar-refractivity contribution in [3.05, 3.63) is 23.3 Å². The number of benzene rings is 1. The number of ether oxygens (including phenoxy) is 2. The SMILES string of the molecule is CCc1cc(CN2CCNCC2)c(OC)c(OC)c1. The van der Waals surface area contributed by atoms with Crippen molar-refractivity contribution in [3.8, 4) is 11.5 Å². The van der Waals surface area contributed by atoms with Crippen molar-refractivity contribution < 1.29 is 9.47 Å². The third-order valence-corrected chi connectivity index (χ3v) is 3.63. The summed E-state index contributed by atoms with van der Waals surface area (Å²) in [6.45, 7) is 7.38. The van der Waals surface area contributed by atoms with E-state index in [9.17, 15) is 0 Å². The molecule has 1 aliphatic rings. The first-order chi connectivity index (χ1) is 9.28. The normalized spacial score (nSPS) is 16.4. The van der Waals surface area contributed by atoms with Gasteiger partial charge in [0.2, 0.25) is 0 Å². The summed E-state index contributed by atoms with van der Waals surface area (Å²) in [5, 5.41) is 3.38. The highest BCUT2D eigenvalue weighted by atomic mass is 16.5. The van der Waals surface area contributed by atoms with E-state index in [0.717, 1.165) is 50.6 Å². The van der Waals surface area contributed by atoms with E-state index in [4.69, 9.17) is 9.47 Å². The fourth-order valence-electron chi connectivity index (χ4n) is 2.54. The van der Waals surface area contributed by atoms with E-state index in [-0.39, 0.29) is 0 Å².